The van der Waals surface area contributed by atoms with Crippen LogP contribution < -0.4 is 0 Å². The number of nitrogens with zero attached hydrogens (tertiary/aromatic N) is 3. The quantitative estimate of drug-likeness (QED) is 0.187. The number of carbonyl (C=O) groups is 1. The first-order valence-corrected chi connectivity index (χ1v) is 8.40. The molecule has 8 nitrogen and oxygen atoms in total. The molecule has 94 valence electrons. The Kier molecular flexibility index (Phi) is 5.72. The average molecular weight is 373 g/mol. The smallest absolute Gasteiger partial charge is 0.390 e. The van der Waals surface area contributed by atoms with Crippen LogP contribution in [0, 0.1) is 10.1 Å². The summed E-state index contributed by atoms with van der Waals surface area (Å²) in [5.74, 6) is -1.05. The molecule has 0 radical (unpaired) electrons. The molecule has 0 aromatic carbocycles. The van der Waals surface area contributed by atoms with Gasteiger partial charge in [0.1, 0.15) is 0 Å². The summed E-state index contributed by atoms with van der Waals surface area (Å²) < 4.78 is 10.8. The zero-order valence-corrected chi connectivity index (χ0v) is 11.9. The maximum Gasteiger partial charge on any atom is 0.390 e. The predicted octanol–water partition coefficient (Wildman–Crippen LogP) is 1.54. The summed E-state index contributed by atoms with van der Waals surface area (Å²) >= 11 is 2.05. The Bertz CT molecular complexity index is 424. The second kappa shape index (κ2) is 6.82. The molecule has 0 spiro atoms. The van der Waals surface area contributed by atoms with Crippen LogP contribution in [0.3, 0.4) is 0 Å². The highest BCUT2D eigenvalue weighted by Crippen LogP contribution is 2.21. The van der Waals surface area contributed by atoms with Gasteiger partial charge in [-0.2, -0.15) is 4.68 Å². The van der Waals surface area contributed by atoms with Crippen molar-refractivity contribution in [1.82, 2.24) is 9.78 Å². The van der Waals surface area contributed by atoms with E-state index in [9.17, 15) is 14.9 Å². The summed E-state index contributed by atoms with van der Waals surface area (Å²) in [5.41, 5.74) is 0.0413. The number of hydrogen-bond acceptors (Lipinski definition) is 6. The third-order valence-corrected chi connectivity index (χ3v) is 3.06. The second-order valence-electron chi connectivity index (χ2n) is 2.79. The van der Waals surface area contributed by atoms with Crippen LogP contribution in [0.2, 0.25) is 0 Å². The number of hydrogen-bond donors (Lipinski definition) is 0. The first kappa shape index (κ1) is 14.3. The highest BCUT2D eigenvalue weighted by atomic mass is 127. The minimum atomic E-state index is -0.664. The van der Waals surface area contributed by atoms with Gasteiger partial charge in [-0.1, -0.05) is 0 Å². The van der Waals surface area contributed by atoms with Crippen molar-refractivity contribution in [2.24, 2.45) is 0 Å². The maximum absolute atomic E-state index is 11.4. The van der Waals surface area contributed by atoms with E-state index in [0.717, 1.165) is 6.07 Å². The van der Waals surface area contributed by atoms with Gasteiger partial charge in [0.05, 0.1) is 37.9 Å². The minimum Gasteiger partial charge on any atom is -0.464 e. The monoisotopic (exact) mass is 373 g/mol. The largest absolute Gasteiger partial charge is 0.464 e. The van der Waals surface area contributed by atoms with Crippen LogP contribution >= 0.6 is 28.5 Å². The van der Waals surface area contributed by atoms with E-state index in [1.807, 2.05) is 0 Å². The predicted molar refractivity (Wildman–Crippen MR) is 68.5 cm³/mol. The third kappa shape index (κ3) is 3.86. The van der Waals surface area contributed by atoms with Gasteiger partial charge in [0.25, 0.3) is 0 Å². The number of halogens is 1. The fourth-order valence-corrected chi connectivity index (χ4v) is 1.93. The number of ether oxygens (including phenoxy) is 1. The normalized spacial score (nSPS) is 10.9. The number of rotatable bonds is 6. The van der Waals surface area contributed by atoms with E-state index in [-0.39, 0.29) is 24.5 Å². The van der Waals surface area contributed by atoms with Crippen LogP contribution in [0.25, 0.3) is 0 Å². The first-order valence-electron chi connectivity index (χ1n) is 4.38. The van der Waals surface area contributed by atoms with E-state index in [2.05, 4.69) is 31.9 Å². The van der Waals surface area contributed by atoms with Crippen molar-refractivity contribution < 1.29 is 19.0 Å². The fourth-order valence-electron chi connectivity index (χ4n) is 1.10. The lowest BCUT2D eigenvalue weighted by atomic mass is 10.4. The van der Waals surface area contributed by atoms with E-state index >= 15 is 0 Å². The van der Waals surface area contributed by atoms with Gasteiger partial charge < -0.3 is 19.4 Å². The van der Waals surface area contributed by atoms with Gasteiger partial charge in [0.15, 0.2) is 5.69 Å². The zero-order chi connectivity index (χ0) is 12.8. The summed E-state index contributed by atoms with van der Waals surface area (Å²) in [7, 11) is 1.20. The highest BCUT2D eigenvalue weighted by molar-refractivity contribution is 14.2. The standard InChI is InChI=1S/C7H9IN3O5P/c1-15-7(12)5-4-6(11(13)14)9-10(5)2-3-16-17-8/h4,17H,2-3H2,1H3. The van der Waals surface area contributed by atoms with Gasteiger partial charge >= 0.3 is 11.8 Å². The maximum atomic E-state index is 11.4. The summed E-state index contributed by atoms with van der Waals surface area (Å²) in [6.45, 7) is 0.864. The molecule has 1 aromatic heterocycles. The van der Waals surface area contributed by atoms with Crippen molar-refractivity contribution in [2.45, 2.75) is 6.54 Å². The lowest BCUT2D eigenvalue weighted by Gasteiger charge is -2.01. The Labute approximate surface area is 111 Å². The molecule has 0 fully saturated rings. The number of methoxy groups -OCH3 is 1. The highest BCUT2D eigenvalue weighted by Gasteiger charge is 2.23. The van der Waals surface area contributed by atoms with Crippen molar-refractivity contribution in [1.29, 1.82) is 0 Å². The van der Waals surface area contributed by atoms with Gasteiger partial charge in [-0.25, -0.2) is 4.79 Å². The van der Waals surface area contributed by atoms with Gasteiger partial charge in [-0.3, -0.25) is 0 Å². The lowest BCUT2D eigenvalue weighted by molar-refractivity contribution is -0.389. The van der Waals surface area contributed by atoms with E-state index < -0.39 is 10.9 Å². The van der Waals surface area contributed by atoms with E-state index in [0.29, 0.717) is 6.61 Å². The molecule has 1 rings (SSSR count). The first-order chi connectivity index (χ1) is 8.10. The molecule has 0 bridgehead atoms. The number of carbonyl (C=O) groups excluding carboxylic acids is 1. The molecule has 0 aliphatic heterocycles. The lowest BCUT2D eigenvalue weighted by Crippen LogP contribution is -2.14. The molecule has 0 aliphatic carbocycles. The SMILES string of the molecule is COC(=O)c1cc([N+](=O)[O-])nn1CCOPI. The van der Waals surface area contributed by atoms with Crippen LogP contribution in [0.15, 0.2) is 6.07 Å². The molecule has 0 saturated heterocycles. The Hall–Kier alpha value is -0.800. The zero-order valence-electron chi connectivity index (χ0n) is 8.75. The number of esters is 1. The van der Waals surface area contributed by atoms with Crippen molar-refractivity contribution in [3.8, 4) is 0 Å². The number of nitro groups is 1. The van der Waals surface area contributed by atoms with Crippen LogP contribution in [-0.4, -0.2) is 34.4 Å². The molecular weight excluding hydrogens is 364 g/mol. The molecular formula is C7H9IN3O5P. The Morgan fingerprint density at radius 3 is 3.00 bits per heavy atom. The van der Waals surface area contributed by atoms with Gasteiger partial charge in [-0.15, -0.1) is 0 Å². The topological polar surface area (TPSA) is 96.5 Å². The second-order valence-corrected chi connectivity index (χ2v) is 4.55. The van der Waals surface area contributed by atoms with Crippen molar-refractivity contribution in [2.75, 3.05) is 13.7 Å². The Morgan fingerprint density at radius 2 is 2.47 bits per heavy atom. The van der Waals surface area contributed by atoms with Gasteiger partial charge in [0, 0.05) is 0 Å². The molecule has 1 atom stereocenters. The fraction of sp³-hybridized carbons (Fsp3) is 0.429. The molecule has 1 aromatic rings. The summed E-state index contributed by atoms with van der Waals surface area (Å²) in [6, 6.07) is 1.08. The van der Waals surface area contributed by atoms with Crippen molar-refractivity contribution in [3.63, 3.8) is 0 Å². The minimum absolute atomic E-state index is 0.0413. The van der Waals surface area contributed by atoms with E-state index in [4.69, 9.17) is 4.52 Å². The molecule has 0 saturated carbocycles. The Balaban J connectivity index is 2.91. The Morgan fingerprint density at radius 1 is 1.76 bits per heavy atom. The summed E-state index contributed by atoms with van der Waals surface area (Å²) in [4.78, 5) is 21.2. The van der Waals surface area contributed by atoms with Crippen LogP contribution in [0.1, 0.15) is 10.5 Å². The van der Waals surface area contributed by atoms with E-state index in [1.165, 1.54) is 11.8 Å². The molecule has 0 aliphatic rings. The summed E-state index contributed by atoms with van der Waals surface area (Å²) in [6.07, 6.45) is 0. The molecule has 17 heavy (non-hydrogen) atoms. The van der Waals surface area contributed by atoms with Crippen molar-refractivity contribution >= 4 is 40.3 Å². The molecule has 1 unspecified atom stereocenters. The van der Waals surface area contributed by atoms with Crippen LogP contribution in [-0.2, 0) is 15.8 Å². The summed E-state index contributed by atoms with van der Waals surface area (Å²) in [5, 5.41) is 14.2. The van der Waals surface area contributed by atoms with Crippen LogP contribution in [0.5, 0.6) is 0 Å². The number of aromatic nitrogens is 2. The molecule has 0 N–H and O–H groups in total. The van der Waals surface area contributed by atoms with E-state index in [1.54, 1.807) is 0 Å². The average Bonchev–Trinajstić information content (AvgIpc) is 2.73. The molecule has 0 amide bonds. The van der Waals surface area contributed by atoms with Crippen LogP contribution in [0.4, 0.5) is 5.82 Å². The van der Waals surface area contributed by atoms with Crippen molar-refractivity contribution in [3.05, 3.63) is 21.9 Å². The van der Waals surface area contributed by atoms with Gasteiger partial charge in [0.2, 0.25) is 0 Å². The molecule has 10 heteroatoms. The van der Waals surface area contributed by atoms with Gasteiger partial charge in [-0.05, 0) is 27.0 Å². The molecule has 1 heterocycles. The third-order valence-electron chi connectivity index (χ3n) is 1.81.